The molecular weight excluding hydrogens is 329 g/mol. The van der Waals surface area contributed by atoms with E-state index in [4.69, 9.17) is 4.52 Å². The molecule has 4 rings (SSSR count). The second-order valence-corrected chi connectivity index (χ2v) is 7.62. The van der Waals surface area contributed by atoms with Gasteiger partial charge in [0.15, 0.2) is 5.78 Å². The molecule has 0 aromatic heterocycles. The first kappa shape index (κ1) is 16.4. The fourth-order valence-electron chi connectivity index (χ4n) is 3.31. The topological polar surface area (TPSA) is 44.3 Å². The Labute approximate surface area is 149 Å². The van der Waals surface area contributed by atoms with Crippen molar-refractivity contribution in [1.82, 2.24) is 5.32 Å². The first-order valence-electron chi connectivity index (χ1n) is 8.44. The maximum absolute atomic E-state index is 12.9. The van der Waals surface area contributed by atoms with Gasteiger partial charge < -0.3 is 4.89 Å². The van der Waals surface area contributed by atoms with E-state index in [1.165, 1.54) is 0 Å². The molecule has 25 heavy (non-hydrogen) atoms. The summed E-state index contributed by atoms with van der Waals surface area (Å²) < 4.78 is 6.09. The molecule has 0 saturated carbocycles. The molecule has 3 nitrogen and oxygen atoms in total. The minimum atomic E-state index is -2.28. The summed E-state index contributed by atoms with van der Waals surface area (Å²) in [5.74, 6) is -0.281. The zero-order valence-electron chi connectivity index (χ0n) is 13.7. The highest BCUT2D eigenvalue weighted by Crippen LogP contribution is 2.55. The third-order valence-electron chi connectivity index (χ3n) is 4.55. The van der Waals surface area contributed by atoms with E-state index in [0.29, 0.717) is 0 Å². The zero-order chi connectivity index (χ0) is 17.1. The maximum Gasteiger partial charge on any atom is 0.165 e. The molecule has 1 aliphatic rings. The Bertz CT molecular complexity index is 798. The van der Waals surface area contributed by atoms with Gasteiger partial charge in [0.25, 0.3) is 0 Å². The van der Waals surface area contributed by atoms with Crippen LogP contribution in [0.2, 0.25) is 0 Å². The molecule has 3 aromatic carbocycles. The molecule has 1 fully saturated rings. The van der Waals surface area contributed by atoms with Gasteiger partial charge in [-0.15, -0.1) is 0 Å². The summed E-state index contributed by atoms with van der Waals surface area (Å²) in [4.78, 5) is 12.9. The van der Waals surface area contributed by atoms with Crippen molar-refractivity contribution in [1.29, 1.82) is 0 Å². The first-order chi connectivity index (χ1) is 12.3. The Morgan fingerprint density at radius 2 is 1.16 bits per heavy atom. The fraction of sp³-hybridized carbons (Fsp3) is 0.143. The van der Waals surface area contributed by atoms with Crippen molar-refractivity contribution < 1.29 is 9.42 Å². The fourth-order valence-corrected chi connectivity index (χ4v) is 4.75. The van der Waals surface area contributed by atoms with Crippen LogP contribution in [-0.2, 0) is 4.52 Å². The van der Waals surface area contributed by atoms with Crippen LogP contribution in [-0.4, -0.2) is 0 Å². The Kier molecular flexibility index (Phi) is 4.91. The van der Waals surface area contributed by atoms with Crippen LogP contribution < -0.4 is 10.2 Å². The zero-order valence-corrected chi connectivity index (χ0v) is 14.7. The van der Waals surface area contributed by atoms with Crippen LogP contribution >= 0.6 is 8.38 Å². The van der Waals surface area contributed by atoms with Gasteiger partial charge in [0.1, 0.15) is 14.5 Å². The van der Waals surface area contributed by atoms with Gasteiger partial charge in [-0.25, -0.2) is 4.52 Å². The summed E-state index contributed by atoms with van der Waals surface area (Å²) in [7, 11) is -2.28. The average molecular weight is 349 g/mol. The van der Waals surface area contributed by atoms with E-state index in [1.54, 1.807) is 0 Å². The van der Waals surface area contributed by atoms with Crippen LogP contribution in [0.3, 0.4) is 0 Å². The van der Waals surface area contributed by atoms with Gasteiger partial charge in [0, 0.05) is 5.56 Å². The molecule has 3 aromatic rings. The van der Waals surface area contributed by atoms with Crippen molar-refractivity contribution in [2.45, 2.75) is 17.9 Å². The van der Waals surface area contributed by atoms with Crippen molar-refractivity contribution in [3.8, 4) is 0 Å². The monoisotopic (exact) mass is 349 g/mol. The molecule has 0 amide bonds. The van der Waals surface area contributed by atoms with E-state index in [1.807, 2.05) is 78.9 Å². The Morgan fingerprint density at radius 1 is 0.680 bits per heavy atom. The SMILES string of the molecule is [O-][PH+]1O[C@H](c2ccccc2)[C@H](c2ccccc2)N[C@H]1c1ccccc1. The lowest BCUT2D eigenvalue weighted by molar-refractivity contribution is -0.193. The van der Waals surface area contributed by atoms with E-state index < -0.39 is 8.38 Å². The Balaban J connectivity index is 1.71. The predicted molar refractivity (Wildman–Crippen MR) is 100 cm³/mol. The maximum atomic E-state index is 12.9. The van der Waals surface area contributed by atoms with Crippen LogP contribution in [0.5, 0.6) is 0 Å². The first-order valence-corrected chi connectivity index (χ1v) is 9.84. The van der Waals surface area contributed by atoms with Crippen molar-refractivity contribution in [2.75, 3.05) is 0 Å². The molecule has 0 spiro atoms. The lowest BCUT2D eigenvalue weighted by Crippen LogP contribution is -2.38. The van der Waals surface area contributed by atoms with Crippen LogP contribution in [0.4, 0.5) is 0 Å². The molecule has 4 atom stereocenters. The number of nitrogens with one attached hydrogen (secondary N) is 1. The quantitative estimate of drug-likeness (QED) is 0.721. The van der Waals surface area contributed by atoms with E-state index in [0.717, 1.165) is 16.7 Å². The average Bonchev–Trinajstić information content (AvgIpc) is 2.70. The van der Waals surface area contributed by atoms with Gasteiger partial charge in [0.2, 0.25) is 0 Å². The number of benzene rings is 3. The van der Waals surface area contributed by atoms with Crippen molar-refractivity contribution in [3.63, 3.8) is 0 Å². The van der Waals surface area contributed by atoms with E-state index in [9.17, 15) is 4.89 Å². The van der Waals surface area contributed by atoms with Crippen LogP contribution in [0.1, 0.15) is 34.6 Å². The summed E-state index contributed by atoms with van der Waals surface area (Å²) >= 11 is 0. The number of hydrogen-bond donors (Lipinski definition) is 1. The molecule has 1 aliphatic heterocycles. The number of rotatable bonds is 3. The third kappa shape index (κ3) is 3.51. The van der Waals surface area contributed by atoms with Gasteiger partial charge in [0.05, 0.1) is 6.04 Å². The highest BCUT2D eigenvalue weighted by atomic mass is 31.2. The highest BCUT2D eigenvalue weighted by Gasteiger charge is 2.40. The smallest absolute Gasteiger partial charge is 0.165 e. The molecule has 0 radical (unpaired) electrons. The van der Waals surface area contributed by atoms with E-state index in [-0.39, 0.29) is 17.9 Å². The Hall–Kier alpha value is -2.03. The molecular formula is C21H20NO2P. The second kappa shape index (κ2) is 7.47. The van der Waals surface area contributed by atoms with Crippen molar-refractivity contribution >= 4 is 8.38 Å². The molecule has 0 aliphatic carbocycles. The van der Waals surface area contributed by atoms with E-state index in [2.05, 4.69) is 17.4 Å². The molecule has 126 valence electrons. The molecule has 1 heterocycles. The van der Waals surface area contributed by atoms with Crippen LogP contribution in [0, 0.1) is 0 Å². The Morgan fingerprint density at radius 3 is 1.72 bits per heavy atom. The molecule has 1 N–H and O–H groups in total. The molecule has 1 saturated heterocycles. The summed E-state index contributed by atoms with van der Waals surface area (Å²) in [6.45, 7) is 0. The molecule has 1 unspecified atom stereocenters. The normalized spacial score (nSPS) is 26.3. The minimum Gasteiger partial charge on any atom is -0.656 e. The van der Waals surface area contributed by atoms with Gasteiger partial charge in [-0.1, -0.05) is 91.0 Å². The minimum absolute atomic E-state index is 0.0588. The highest BCUT2D eigenvalue weighted by molar-refractivity contribution is 7.45. The van der Waals surface area contributed by atoms with Crippen LogP contribution in [0.25, 0.3) is 0 Å². The standard InChI is InChI=1S/C21H20NO2P/c23-25-21(18-14-8-3-9-15-18)22-19(16-10-4-1-5-11-16)20(24-25)17-12-6-2-7-13-17/h1-15,19-22,25H/t19-,20+,21+/m0/s1. The largest absolute Gasteiger partial charge is 0.656 e. The van der Waals surface area contributed by atoms with Crippen molar-refractivity contribution in [3.05, 3.63) is 108 Å². The molecule has 0 bridgehead atoms. The summed E-state index contributed by atoms with van der Waals surface area (Å²) in [5.41, 5.74) is 3.17. The third-order valence-corrected chi connectivity index (χ3v) is 6.01. The van der Waals surface area contributed by atoms with Crippen molar-refractivity contribution in [2.24, 2.45) is 0 Å². The lowest BCUT2D eigenvalue weighted by atomic mass is 9.95. The van der Waals surface area contributed by atoms with Gasteiger partial charge >= 0.3 is 0 Å². The van der Waals surface area contributed by atoms with Gasteiger partial charge in [-0.3, -0.25) is 5.32 Å². The summed E-state index contributed by atoms with van der Waals surface area (Å²) in [6, 6.07) is 30.1. The van der Waals surface area contributed by atoms with Gasteiger partial charge in [-0.05, 0) is 11.1 Å². The lowest BCUT2D eigenvalue weighted by Gasteiger charge is -2.39. The van der Waals surface area contributed by atoms with Crippen LogP contribution in [0.15, 0.2) is 91.0 Å². The molecule has 4 heteroatoms. The predicted octanol–water partition coefficient (Wildman–Crippen LogP) is 4.19. The van der Waals surface area contributed by atoms with Gasteiger partial charge in [-0.2, -0.15) is 0 Å². The van der Waals surface area contributed by atoms with E-state index >= 15 is 0 Å². The second-order valence-electron chi connectivity index (χ2n) is 6.17. The summed E-state index contributed by atoms with van der Waals surface area (Å²) in [6.07, 6.45) is -0.269. The number of hydrogen-bond acceptors (Lipinski definition) is 3. The summed E-state index contributed by atoms with van der Waals surface area (Å²) in [5, 5.41) is 3.59.